The van der Waals surface area contributed by atoms with Crippen molar-refractivity contribution in [2.24, 2.45) is 0 Å². The highest BCUT2D eigenvalue weighted by molar-refractivity contribution is 5.37. The molecule has 0 aliphatic heterocycles. The second-order valence-corrected chi connectivity index (χ2v) is 4.30. The molecule has 3 nitrogen and oxygen atoms in total. The number of hydrogen-bond acceptors (Lipinski definition) is 2. The SMILES string of the molecule is Cc1cnn(C(C)Cc2ccccc2F)c1N. The molecule has 0 aliphatic rings. The predicted octanol–water partition coefficient (Wildman–Crippen LogP) is 2.72. The van der Waals surface area contributed by atoms with Crippen LogP contribution in [0.2, 0.25) is 0 Å². The van der Waals surface area contributed by atoms with Crippen LogP contribution < -0.4 is 5.73 Å². The van der Waals surface area contributed by atoms with Crippen molar-refractivity contribution in [3.8, 4) is 0 Å². The minimum Gasteiger partial charge on any atom is -0.384 e. The average molecular weight is 233 g/mol. The molecule has 0 spiro atoms. The van der Waals surface area contributed by atoms with Crippen LogP contribution in [0.3, 0.4) is 0 Å². The Bertz CT molecular complexity index is 519. The van der Waals surface area contributed by atoms with Gasteiger partial charge in [-0.15, -0.1) is 0 Å². The number of nitrogens with two attached hydrogens (primary N) is 1. The van der Waals surface area contributed by atoms with Gasteiger partial charge in [0.25, 0.3) is 0 Å². The van der Waals surface area contributed by atoms with Crippen LogP contribution in [0.5, 0.6) is 0 Å². The second-order valence-electron chi connectivity index (χ2n) is 4.30. The molecule has 0 radical (unpaired) electrons. The molecule has 90 valence electrons. The van der Waals surface area contributed by atoms with Crippen LogP contribution in [-0.2, 0) is 6.42 Å². The lowest BCUT2D eigenvalue weighted by Gasteiger charge is -2.14. The number of benzene rings is 1. The minimum absolute atomic E-state index is 0.0422. The zero-order valence-corrected chi connectivity index (χ0v) is 10.0. The van der Waals surface area contributed by atoms with Crippen molar-refractivity contribution in [2.75, 3.05) is 5.73 Å². The van der Waals surface area contributed by atoms with E-state index in [1.54, 1.807) is 23.0 Å². The third kappa shape index (κ3) is 2.30. The van der Waals surface area contributed by atoms with E-state index in [-0.39, 0.29) is 11.9 Å². The summed E-state index contributed by atoms with van der Waals surface area (Å²) in [5.74, 6) is 0.468. The zero-order chi connectivity index (χ0) is 12.4. The minimum atomic E-state index is -0.179. The molecule has 1 aromatic heterocycles. The van der Waals surface area contributed by atoms with Crippen LogP contribution in [-0.4, -0.2) is 9.78 Å². The molecule has 0 saturated heterocycles. The standard InChI is InChI=1S/C13H16FN3/c1-9-8-16-17(13(9)15)10(2)7-11-5-3-4-6-12(11)14/h3-6,8,10H,7,15H2,1-2H3. The molecule has 17 heavy (non-hydrogen) atoms. The van der Waals surface area contributed by atoms with Gasteiger partial charge in [0.2, 0.25) is 0 Å². The van der Waals surface area contributed by atoms with Crippen LogP contribution in [0.4, 0.5) is 10.2 Å². The van der Waals surface area contributed by atoms with Crippen LogP contribution >= 0.6 is 0 Å². The van der Waals surface area contributed by atoms with Gasteiger partial charge in [0.1, 0.15) is 11.6 Å². The summed E-state index contributed by atoms with van der Waals surface area (Å²) < 4.78 is 15.2. The van der Waals surface area contributed by atoms with Crippen molar-refractivity contribution in [3.05, 3.63) is 47.4 Å². The number of rotatable bonds is 3. The Morgan fingerprint density at radius 2 is 2.12 bits per heavy atom. The molecule has 2 rings (SSSR count). The number of nitrogens with zero attached hydrogens (tertiary/aromatic N) is 2. The molecule has 1 atom stereocenters. The Morgan fingerprint density at radius 1 is 1.41 bits per heavy atom. The highest BCUT2D eigenvalue weighted by Crippen LogP contribution is 2.20. The van der Waals surface area contributed by atoms with E-state index in [4.69, 9.17) is 5.73 Å². The molecule has 4 heteroatoms. The molecule has 1 aromatic carbocycles. The Balaban J connectivity index is 2.20. The van der Waals surface area contributed by atoms with Gasteiger partial charge >= 0.3 is 0 Å². The molecular formula is C13H16FN3. The van der Waals surface area contributed by atoms with Gasteiger partial charge in [-0.05, 0) is 31.9 Å². The zero-order valence-electron chi connectivity index (χ0n) is 10.0. The van der Waals surface area contributed by atoms with Crippen molar-refractivity contribution in [2.45, 2.75) is 26.3 Å². The van der Waals surface area contributed by atoms with E-state index in [0.29, 0.717) is 17.8 Å². The maximum Gasteiger partial charge on any atom is 0.126 e. The first-order valence-corrected chi connectivity index (χ1v) is 5.62. The van der Waals surface area contributed by atoms with Crippen molar-refractivity contribution in [3.63, 3.8) is 0 Å². The molecule has 0 bridgehead atoms. The van der Waals surface area contributed by atoms with Crippen molar-refractivity contribution >= 4 is 5.82 Å². The van der Waals surface area contributed by atoms with Gasteiger partial charge < -0.3 is 5.73 Å². The third-order valence-corrected chi connectivity index (χ3v) is 2.92. The van der Waals surface area contributed by atoms with Crippen LogP contribution in [0.25, 0.3) is 0 Å². The fraction of sp³-hybridized carbons (Fsp3) is 0.308. The Kier molecular flexibility index (Phi) is 3.13. The van der Waals surface area contributed by atoms with Crippen LogP contribution in [0.15, 0.2) is 30.5 Å². The summed E-state index contributed by atoms with van der Waals surface area (Å²) in [4.78, 5) is 0. The van der Waals surface area contributed by atoms with E-state index in [1.165, 1.54) is 6.07 Å². The monoisotopic (exact) mass is 233 g/mol. The van der Waals surface area contributed by atoms with Crippen molar-refractivity contribution < 1.29 is 4.39 Å². The lowest BCUT2D eigenvalue weighted by molar-refractivity contribution is 0.483. The summed E-state index contributed by atoms with van der Waals surface area (Å²) in [7, 11) is 0. The summed E-state index contributed by atoms with van der Waals surface area (Å²) in [6.07, 6.45) is 2.31. The lowest BCUT2D eigenvalue weighted by Crippen LogP contribution is -2.13. The van der Waals surface area contributed by atoms with Gasteiger partial charge in [0, 0.05) is 5.56 Å². The molecule has 0 aliphatic carbocycles. The van der Waals surface area contributed by atoms with Gasteiger partial charge in [0.05, 0.1) is 12.2 Å². The smallest absolute Gasteiger partial charge is 0.126 e. The highest BCUT2D eigenvalue weighted by Gasteiger charge is 2.13. The summed E-state index contributed by atoms with van der Waals surface area (Å²) >= 11 is 0. The summed E-state index contributed by atoms with van der Waals surface area (Å²) in [5.41, 5.74) is 7.54. The second kappa shape index (κ2) is 4.57. The molecule has 0 fully saturated rings. The normalized spacial score (nSPS) is 12.6. The van der Waals surface area contributed by atoms with Gasteiger partial charge in [0.15, 0.2) is 0 Å². The van der Waals surface area contributed by atoms with Gasteiger partial charge in [-0.2, -0.15) is 5.10 Å². The molecule has 1 unspecified atom stereocenters. The van der Waals surface area contributed by atoms with E-state index in [0.717, 1.165) is 5.56 Å². The summed E-state index contributed by atoms with van der Waals surface area (Å²) in [5, 5.41) is 4.21. The molecule has 0 amide bonds. The number of nitrogen functional groups attached to an aromatic ring is 1. The maximum atomic E-state index is 13.5. The fourth-order valence-electron chi connectivity index (χ4n) is 1.88. The van der Waals surface area contributed by atoms with E-state index in [2.05, 4.69) is 5.10 Å². The first-order valence-electron chi connectivity index (χ1n) is 5.62. The first-order chi connectivity index (χ1) is 8.09. The van der Waals surface area contributed by atoms with E-state index < -0.39 is 0 Å². The lowest BCUT2D eigenvalue weighted by atomic mass is 10.1. The first kappa shape index (κ1) is 11.6. The Morgan fingerprint density at radius 3 is 2.71 bits per heavy atom. The van der Waals surface area contributed by atoms with E-state index in [1.807, 2.05) is 19.9 Å². The molecule has 1 heterocycles. The molecule has 0 saturated carbocycles. The molecule has 2 aromatic rings. The molecule has 2 N–H and O–H groups in total. The highest BCUT2D eigenvalue weighted by atomic mass is 19.1. The Labute approximate surface area is 100 Å². The number of hydrogen-bond donors (Lipinski definition) is 1. The van der Waals surface area contributed by atoms with Crippen molar-refractivity contribution in [1.82, 2.24) is 9.78 Å². The number of anilines is 1. The van der Waals surface area contributed by atoms with E-state index >= 15 is 0 Å². The largest absolute Gasteiger partial charge is 0.384 e. The third-order valence-electron chi connectivity index (χ3n) is 2.92. The predicted molar refractivity (Wildman–Crippen MR) is 66.2 cm³/mol. The quantitative estimate of drug-likeness (QED) is 0.885. The van der Waals surface area contributed by atoms with Crippen LogP contribution in [0.1, 0.15) is 24.1 Å². The summed E-state index contributed by atoms with van der Waals surface area (Å²) in [6.45, 7) is 3.89. The van der Waals surface area contributed by atoms with Crippen LogP contribution in [0, 0.1) is 12.7 Å². The van der Waals surface area contributed by atoms with Crippen molar-refractivity contribution in [1.29, 1.82) is 0 Å². The molecular weight excluding hydrogens is 217 g/mol. The van der Waals surface area contributed by atoms with Gasteiger partial charge in [-0.25, -0.2) is 9.07 Å². The number of halogens is 1. The number of aromatic nitrogens is 2. The summed E-state index contributed by atoms with van der Waals surface area (Å²) in [6, 6.07) is 6.83. The topological polar surface area (TPSA) is 43.8 Å². The average Bonchev–Trinajstić information content (AvgIpc) is 2.63. The Hall–Kier alpha value is -1.84. The maximum absolute atomic E-state index is 13.5. The number of aryl methyl sites for hydroxylation is 1. The van der Waals surface area contributed by atoms with Gasteiger partial charge in [-0.1, -0.05) is 18.2 Å². The van der Waals surface area contributed by atoms with E-state index in [9.17, 15) is 4.39 Å². The van der Waals surface area contributed by atoms with Gasteiger partial charge in [-0.3, -0.25) is 0 Å². The fourth-order valence-corrected chi connectivity index (χ4v) is 1.88.